The molecule has 0 spiro atoms. The largest absolute Gasteiger partial charge is 0.478 e. The van der Waals surface area contributed by atoms with Crippen LogP contribution in [0, 0.1) is 0 Å². The number of carbonyl (C=O) groups is 4. The highest BCUT2D eigenvalue weighted by Gasteiger charge is 2.28. The van der Waals surface area contributed by atoms with Crippen molar-refractivity contribution in [1.29, 1.82) is 0 Å². The van der Waals surface area contributed by atoms with Crippen molar-refractivity contribution in [2.45, 2.75) is 26.4 Å². The van der Waals surface area contributed by atoms with Crippen molar-refractivity contribution in [3.8, 4) is 0 Å². The van der Waals surface area contributed by atoms with E-state index in [0.29, 0.717) is 6.29 Å². The summed E-state index contributed by atoms with van der Waals surface area (Å²) in [5.74, 6) is -3.84. The second kappa shape index (κ2) is 11.0. The summed E-state index contributed by atoms with van der Waals surface area (Å²) in [5, 5.41) is 27.3. The van der Waals surface area contributed by atoms with Crippen molar-refractivity contribution in [2.24, 2.45) is 0 Å². The van der Waals surface area contributed by atoms with Gasteiger partial charge in [0.2, 0.25) is 0 Å². The summed E-state index contributed by atoms with van der Waals surface area (Å²) < 4.78 is 10.5. The minimum Gasteiger partial charge on any atom is -0.478 e. The fourth-order valence-electron chi connectivity index (χ4n) is 1.86. The zero-order valence-corrected chi connectivity index (χ0v) is 14.7. The second-order valence-corrected chi connectivity index (χ2v) is 5.34. The first kappa shape index (κ1) is 23.2. The van der Waals surface area contributed by atoms with Crippen LogP contribution in [0.5, 0.6) is 0 Å². The van der Waals surface area contributed by atoms with E-state index in [1.807, 2.05) is 0 Å². The Kier molecular flexibility index (Phi) is 9.78. The Labute approximate surface area is 150 Å². The Hall–Kier alpha value is -2.78. The SMILES string of the molecule is CC(=CC(C=C(C)C(=O)O)(C=C(C)C(=O)O)OCCOCC=O)C(=O)O. The van der Waals surface area contributed by atoms with E-state index in [9.17, 15) is 19.2 Å². The summed E-state index contributed by atoms with van der Waals surface area (Å²) in [7, 11) is 0. The first-order valence-electron chi connectivity index (χ1n) is 7.48. The third-order valence-electron chi connectivity index (χ3n) is 3.10. The average Bonchev–Trinajstić information content (AvgIpc) is 2.54. The van der Waals surface area contributed by atoms with Crippen molar-refractivity contribution >= 4 is 24.2 Å². The average molecular weight is 370 g/mol. The highest BCUT2D eigenvalue weighted by atomic mass is 16.5. The van der Waals surface area contributed by atoms with Crippen molar-refractivity contribution in [1.82, 2.24) is 0 Å². The molecule has 0 aromatic heterocycles. The lowest BCUT2D eigenvalue weighted by Crippen LogP contribution is -2.30. The summed E-state index contributed by atoms with van der Waals surface area (Å²) >= 11 is 0. The number of carbonyl (C=O) groups excluding carboxylic acids is 1. The summed E-state index contributed by atoms with van der Waals surface area (Å²) in [6, 6.07) is 0. The van der Waals surface area contributed by atoms with Gasteiger partial charge in [0.15, 0.2) is 0 Å². The van der Waals surface area contributed by atoms with Crippen LogP contribution in [-0.2, 0) is 28.7 Å². The van der Waals surface area contributed by atoms with Crippen LogP contribution >= 0.6 is 0 Å². The van der Waals surface area contributed by atoms with Gasteiger partial charge in [-0.15, -0.1) is 0 Å². The highest BCUT2D eigenvalue weighted by Crippen LogP contribution is 2.24. The lowest BCUT2D eigenvalue weighted by Gasteiger charge is -2.26. The Morgan fingerprint density at radius 2 is 1.19 bits per heavy atom. The topological polar surface area (TPSA) is 147 Å². The normalized spacial score (nSPS) is 15.3. The monoisotopic (exact) mass is 370 g/mol. The number of hydrogen-bond donors (Lipinski definition) is 3. The minimum atomic E-state index is -1.74. The smallest absolute Gasteiger partial charge is 0.331 e. The van der Waals surface area contributed by atoms with Crippen LogP contribution in [0.25, 0.3) is 0 Å². The van der Waals surface area contributed by atoms with E-state index in [2.05, 4.69) is 0 Å². The van der Waals surface area contributed by atoms with E-state index in [1.54, 1.807) is 0 Å². The van der Waals surface area contributed by atoms with Gasteiger partial charge in [-0.3, -0.25) is 0 Å². The molecule has 0 atom stereocenters. The molecular weight excluding hydrogens is 348 g/mol. The van der Waals surface area contributed by atoms with Gasteiger partial charge < -0.3 is 29.6 Å². The van der Waals surface area contributed by atoms with Crippen LogP contribution in [0.1, 0.15) is 20.8 Å². The molecule has 0 heterocycles. The standard InChI is InChI=1S/C17H22O9/c1-11(14(19)20)8-17(9-12(2)15(21)22,10-13(3)16(23)24)26-7-6-25-5-4-18/h4,8-10H,5-7H2,1-3H3,(H,19,20)(H,21,22)(H,23,24). The first-order chi connectivity index (χ1) is 12.0. The van der Waals surface area contributed by atoms with Crippen LogP contribution in [0.2, 0.25) is 0 Å². The Morgan fingerprint density at radius 1 is 0.808 bits per heavy atom. The van der Waals surface area contributed by atoms with E-state index < -0.39 is 23.5 Å². The molecule has 26 heavy (non-hydrogen) atoms. The number of rotatable bonds is 12. The summed E-state index contributed by atoms with van der Waals surface area (Å²) in [6.07, 6.45) is 3.85. The third-order valence-corrected chi connectivity index (χ3v) is 3.10. The summed E-state index contributed by atoms with van der Waals surface area (Å²) in [5.41, 5.74) is -2.27. The van der Waals surface area contributed by atoms with Crippen molar-refractivity contribution in [3.05, 3.63) is 34.9 Å². The minimum absolute atomic E-state index is 0.0413. The second-order valence-electron chi connectivity index (χ2n) is 5.34. The number of aldehydes is 1. The van der Waals surface area contributed by atoms with Gasteiger partial charge in [-0.25, -0.2) is 14.4 Å². The number of carboxylic acids is 3. The summed E-state index contributed by atoms with van der Waals surface area (Å²) in [6.45, 7) is 3.42. The number of hydrogen-bond acceptors (Lipinski definition) is 6. The number of carboxylic acid groups (broad SMARTS) is 3. The van der Waals surface area contributed by atoms with Crippen LogP contribution in [0.15, 0.2) is 34.9 Å². The van der Waals surface area contributed by atoms with E-state index in [1.165, 1.54) is 20.8 Å². The van der Waals surface area contributed by atoms with Gasteiger partial charge in [-0.1, -0.05) is 0 Å². The van der Waals surface area contributed by atoms with Gasteiger partial charge in [0, 0.05) is 16.7 Å². The van der Waals surface area contributed by atoms with E-state index in [0.717, 1.165) is 18.2 Å². The van der Waals surface area contributed by atoms with Crippen LogP contribution in [0.3, 0.4) is 0 Å². The highest BCUT2D eigenvalue weighted by molar-refractivity contribution is 5.89. The maximum Gasteiger partial charge on any atom is 0.331 e. The van der Waals surface area contributed by atoms with Crippen LogP contribution < -0.4 is 0 Å². The van der Waals surface area contributed by atoms with Gasteiger partial charge in [0.05, 0.1) is 13.2 Å². The molecule has 3 N–H and O–H groups in total. The van der Waals surface area contributed by atoms with Gasteiger partial charge in [-0.2, -0.15) is 0 Å². The maximum absolute atomic E-state index is 11.2. The van der Waals surface area contributed by atoms with Gasteiger partial charge in [-0.05, 0) is 39.0 Å². The van der Waals surface area contributed by atoms with Crippen molar-refractivity contribution < 1.29 is 44.0 Å². The van der Waals surface area contributed by atoms with Crippen molar-refractivity contribution in [3.63, 3.8) is 0 Å². The van der Waals surface area contributed by atoms with Gasteiger partial charge >= 0.3 is 17.9 Å². The zero-order chi connectivity index (χ0) is 20.3. The molecule has 0 unspecified atom stereocenters. The van der Waals surface area contributed by atoms with Crippen LogP contribution in [0.4, 0.5) is 0 Å². The fourth-order valence-corrected chi connectivity index (χ4v) is 1.86. The Balaban J connectivity index is 6.11. The molecule has 0 saturated carbocycles. The first-order valence-corrected chi connectivity index (χ1v) is 7.48. The Bertz CT molecular complexity index is 567. The van der Waals surface area contributed by atoms with Gasteiger partial charge in [0.1, 0.15) is 18.5 Å². The molecule has 0 saturated heterocycles. The molecule has 9 nitrogen and oxygen atoms in total. The molecule has 0 aromatic carbocycles. The molecule has 9 heteroatoms. The lowest BCUT2D eigenvalue weighted by atomic mass is 9.94. The third kappa shape index (κ3) is 8.36. The molecular formula is C17H22O9. The van der Waals surface area contributed by atoms with E-state index in [-0.39, 0.29) is 36.5 Å². The molecule has 0 aliphatic carbocycles. The molecule has 0 amide bonds. The summed E-state index contributed by atoms with van der Waals surface area (Å²) in [4.78, 5) is 43.7. The van der Waals surface area contributed by atoms with E-state index in [4.69, 9.17) is 24.8 Å². The molecule has 0 aliphatic rings. The predicted molar refractivity (Wildman–Crippen MR) is 89.7 cm³/mol. The van der Waals surface area contributed by atoms with Gasteiger partial charge in [0.25, 0.3) is 0 Å². The molecule has 0 aromatic rings. The Morgan fingerprint density at radius 3 is 1.50 bits per heavy atom. The van der Waals surface area contributed by atoms with Crippen molar-refractivity contribution in [2.75, 3.05) is 19.8 Å². The van der Waals surface area contributed by atoms with E-state index >= 15 is 0 Å². The zero-order valence-electron chi connectivity index (χ0n) is 14.7. The molecule has 0 aliphatic heterocycles. The molecule has 0 fully saturated rings. The molecule has 0 rings (SSSR count). The van der Waals surface area contributed by atoms with Crippen LogP contribution in [-0.4, -0.2) is 64.9 Å². The molecule has 144 valence electrons. The molecule has 0 bridgehead atoms. The predicted octanol–water partition coefficient (Wildman–Crippen LogP) is 1.05. The lowest BCUT2D eigenvalue weighted by molar-refractivity contribution is -0.133. The quantitative estimate of drug-likeness (QED) is 0.260. The molecule has 0 radical (unpaired) electrons. The fraction of sp³-hybridized carbons (Fsp3) is 0.412. The number of ether oxygens (including phenoxy) is 2. The maximum atomic E-state index is 11.2. The number of aliphatic carboxylic acids is 3.